The van der Waals surface area contributed by atoms with Gasteiger partial charge in [-0.25, -0.2) is 19.0 Å². The van der Waals surface area contributed by atoms with Crippen LogP contribution in [0, 0.1) is 0 Å². The minimum atomic E-state index is -0.403. The molecule has 2 aliphatic carbocycles. The maximum absolute atomic E-state index is 12.6. The van der Waals surface area contributed by atoms with E-state index in [2.05, 4.69) is 57.0 Å². The molecule has 8 rings (SSSR count). The number of hydrogen-bond acceptors (Lipinski definition) is 11. The minimum Gasteiger partial charge on any atom is -1.00 e. The van der Waals surface area contributed by atoms with Crippen molar-refractivity contribution < 1.29 is 173 Å². The second-order valence-electron chi connectivity index (χ2n) is 12.5. The van der Waals surface area contributed by atoms with E-state index in [0.29, 0.717) is 24.6 Å². The van der Waals surface area contributed by atoms with Gasteiger partial charge in [0.15, 0.2) is 11.4 Å². The van der Waals surface area contributed by atoms with Gasteiger partial charge in [-0.2, -0.15) is 15.3 Å². The molecular formula is C40H42Br2ClCs2N7O7. The Morgan fingerprint density at radius 3 is 1.86 bits per heavy atom. The molecule has 3 aromatic heterocycles. The molecule has 1 aliphatic heterocycles. The molecule has 0 spiro atoms. The first-order chi connectivity index (χ1) is 27.7. The third-order valence-corrected chi connectivity index (χ3v) is 10.3. The number of halogens is 3. The third-order valence-electron chi connectivity index (χ3n) is 8.92. The molecule has 14 nitrogen and oxygen atoms in total. The first-order valence-electron chi connectivity index (χ1n) is 18.3. The number of alkyl halides is 1. The van der Waals surface area contributed by atoms with Crippen LogP contribution in [0.2, 0.25) is 0 Å². The quantitative estimate of drug-likeness (QED) is 0.0732. The van der Waals surface area contributed by atoms with Crippen LogP contribution in [0.1, 0.15) is 95.9 Å². The molecule has 3 aliphatic rings. The van der Waals surface area contributed by atoms with Gasteiger partial charge in [0.05, 0.1) is 48.2 Å². The number of esters is 2. The molecule has 5 aromatic rings. The Labute approximate surface area is 483 Å². The smallest absolute Gasteiger partial charge is 1.00 e. The Balaban J connectivity index is 0.000000331. The summed E-state index contributed by atoms with van der Waals surface area (Å²) in [5.74, 6) is -0.781. The predicted molar refractivity (Wildman–Crippen MR) is 220 cm³/mol. The largest absolute Gasteiger partial charge is 1.00 e. The maximum atomic E-state index is 12.6. The summed E-state index contributed by atoms with van der Waals surface area (Å²) in [7, 11) is 0. The summed E-state index contributed by atoms with van der Waals surface area (Å²) in [6.07, 6.45) is 15.0. The number of allylic oxidation sites excluding steroid dienone is 1. The summed E-state index contributed by atoms with van der Waals surface area (Å²) in [6.45, 7) is 4.95. The van der Waals surface area contributed by atoms with E-state index in [9.17, 15) is 9.59 Å². The van der Waals surface area contributed by atoms with Crippen LogP contribution in [-0.2, 0) is 32.0 Å². The summed E-state index contributed by atoms with van der Waals surface area (Å²) < 4.78 is 18.0. The van der Waals surface area contributed by atoms with Gasteiger partial charge in [-0.3, -0.25) is 14.5 Å². The summed E-state index contributed by atoms with van der Waals surface area (Å²) in [6, 6.07) is 17.7. The third kappa shape index (κ3) is 14.4. The van der Waals surface area contributed by atoms with Gasteiger partial charge in [0.1, 0.15) is 0 Å². The van der Waals surface area contributed by atoms with Gasteiger partial charge >= 0.3 is 150 Å². The van der Waals surface area contributed by atoms with Crippen molar-refractivity contribution in [2.24, 2.45) is 4.99 Å². The zero-order chi connectivity index (χ0) is 40.7. The number of aromatic nitrogens is 6. The Kier molecular flexibility index (Phi) is 24.4. The molecule has 0 saturated heterocycles. The number of ether oxygens (including phenoxy) is 2. The van der Waals surface area contributed by atoms with Crippen molar-refractivity contribution in [2.75, 3.05) is 19.8 Å². The SMILES string of the molecule is C1=CCN=C1.CCOC(=O)c1nn(-c2cccc(Br)c2)c2c1C(Cl)CCC2.CCOC(=O)c1nn(-c2cccc(Br)c2)c2c1C(n1cccn1)CCC2.O=CO[O-].[Cs+].[Cs+].[H-]. The molecule has 0 bridgehead atoms. The molecule has 0 saturated carbocycles. The predicted octanol–water partition coefficient (Wildman–Crippen LogP) is 1.54. The van der Waals surface area contributed by atoms with E-state index >= 15 is 0 Å². The minimum absolute atomic E-state index is 0. The fourth-order valence-electron chi connectivity index (χ4n) is 6.67. The Morgan fingerprint density at radius 2 is 1.42 bits per heavy atom. The monoisotopic (exact) mass is 1190 g/mol. The van der Waals surface area contributed by atoms with Gasteiger partial charge in [-0.15, -0.1) is 11.6 Å². The number of carbonyl (C=O) groups is 3. The second-order valence-corrected chi connectivity index (χ2v) is 14.9. The van der Waals surface area contributed by atoms with Crippen molar-refractivity contribution in [1.82, 2.24) is 29.3 Å². The van der Waals surface area contributed by atoms with Crippen molar-refractivity contribution in [3.8, 4) is 11.4 Å². The summed E-state index contributed by atoms with van der Waals surface area (Å²) in [5, 5.41) is 21.8. The van der Waals surface area contributed by atoms with Gasteiger partial charge in [0.25, 0.3) is 6.47 Å². The van der Waals surface area contributed by atoms with Crippen LogP contribution >= 0.6 is 43.5 Å². The van der Waals surface area contributed by atoms with E-state index in [0.717, 1.165) is 87.9 Å². The number of nitrogens with zero attached hydrogens (tertiary/aromatic N) is 7. The molecular weight excluding hydrogens is 1150 g/mol. The Morgan fingerprint density at radius 1 is 0.881 bits per heavy atom. The van der Waals surface area contributed by atoms with E-state index in [-0.39, 0.29) is 163 Å². The molecule has 0 amide bonds. The zero-order valence-electron chi connectivity index (χ0n) is 34.3. The van der Waals surface area contributed by atoms with Gasteiger partial charge < -0.3 is 21.0 Å². The maximum Gasteiger partial charge on any atom is 1.00 e. The molecule has 302 valence electrons. The van der Waals surface area contributed by atoms with Crippen LogP contribution in [0.25, 0.3) is 11.4 Å². The number of benzene rings is 2. The van der Waals surface area contributed by atoms with Crippen molar-refractivity contribution in [3.05, 3.63) is 122 Å². The standard InChI is InChI=1S/C19H19BrN4O2.C16H16BrClN2O2.C4H5N.CH2O3.2Cs.H/c1-2-26-19(25)18-17-15(23-11-5-10-21-23)8-4-9-16(17)24(22-18)14-7-3-6-13(20)12-14;1-2-22-16(21)15-14-12(18)7-4-8-13(14)20(19-15)11-6-3-5-10(17)9-11;1-2-4-5-3-1;2-1-4-3;;;/h3,5-7,10-12,15H,2,4,8-9H2,1H3;3,5-6,9,12H,2,4,7-8H2,1H3;1-3H,4H2;1,3H;;;/q;;;;2*+1;-1/p-1. The normalized spacial score (nSPS) is 15.4. The van der Waals surface area contributed by atoms with Gasteiger partial charge in [-0.1, -0.05) is 50.1 Å². The fraction of sp³-hybridized carbons (Fsp3) is 0.325. The van der Waals surface area contributed by atoms with Crippen LogP contribution < -0.4 is 143 Å². The molecule has 2 aromatic carbocycles. The summed E-state index contributed by atoms with van der Waals surface area (Å²) in [5.41, 5.74) is 6.38. The molecule has 0 fully saturated rings. The van der Waals surface area contributed by atoms with Crippen LogP contribution in [0.3, 0.4) is 0 Å². The number of hydrogen-bond donors (Lipinski definition) is 0. The van der Waals surface area contributed by atoms with E-state index in [1.807, 2.05) is 87.0 Å². The summed E-state index contributed by atoms with van der Waals surface area (Å²) >= 11 is 13.4. The molecule has 4 heterocycles. The fourth-order valence-corrected chi connectivity index (χ4v) is 7.83. The van der Waals surface area contributed by atoms with Crippen LogP contribution in [0.4, 0.5) is 0 Å². The number of rotatable bonds is 8. The van der Waals surface area contributed by atoms with E-state index in [1.165, 1.54) is 0 Å². The van der Waals surface area contributed by atoms with Gasteiger partial charge in [-0.05, 0) is 101 Å². The van der Waals surface area contributed by atoms with Crippen LogP contribution in [0.5, 0.6) is 0 Å². The second kappa shape index (κ2) is 27.4. The summed E-state index contributed by atoms with van der Waals surface area (Å²) in [4.78, 5) is 39.9. The van der Waals surface area contributed by atoms with Crippen molar-refractivity contribution in [1.29, 1.82) is 0 Å². The zero-order valence-corrected chi connectivity index (χ0v) is 49.8. The molecule has 59 heavy (non-hydrogen) atoms. The topological polar surface area (TPSA) is 168 Å². The number of fused-ring (bicyclic) bond motifs is 2. The molecule has 2 atom stereocenters. The Bertz CT molecular complexity index is 2200. The van der Waals surface area contributed by atoms with E-state index in [1.54, 1.807) is 26.3 Å². The van der Waals surface area contributed by atoms with Crippen LogP contribution in [0.15, 0.2) is 93.1 Å². The van der Waals surface area contributed by atoms with E-state index < -0.39 is 5.97 Å². The van der Waals surface area contributed by atoms with Gasteiger partial charge in [0.2, 0.25) is 0 Å². The van der Waals surface area contributed by atoms with Crippen molar-refractivity contribution in [3.63, 3.8) is 0 Å². The van der Waals surface area contributed by atoms with E-state index in [4.69, 9.17) is 31.1 Å². The molecule has 2 unspecified atom stereocenters. The Hall–Kier alpha value is -0.796. The first-order valence-corrected chi connectivity index (χ1v) is 20.3. The molecule has 0 radical (unpaired) electrons. The van der Waals surface area contributed by atoms with Gasteiger partial charge in [0, 0.05) is 44.4 Å². The van der Waals surface area contributed by atoms with Crippen LogP contribution in [-0.4, -0.2) is 73.7 Å². The number of aliphatic imine (C=N–C) groups is 1. The number of carbonyl (C=O) groups excluding carboxylic acids is 3. The van der Waals surface area contributed by atoms with Crippen molar-refractivity contribution in [2.45, 2.75) is 63.8 Å². The average molecular weight is 1190 g/mol. The molecule has 0 N–H and O–H groups in total. The average Bonchev–Trinajstić information content (AvgIpc) is 4.06. The molecule has 19 heteroatoms. The van der Waals surface area contributed by atoms with Crippen molar-refractivity contribution >= 4 is 68.1 Å². The first kappa shape index (κ1) is 52.5.